The first-order valence-electron chi connectivity index (χ1n) is 11.4. The molecule has 11 nitrogen and oxygen atoms in total. The molecule has 0 aliphatic carbocycles. The van der Waals surface area contributed by atoms with Gasteiger partial charge in [0.1, 0.15) is 11.1 Å². The van der Waals surface area contributed by atoms with Gasteiger partial charge in [0.25, 0.3) is 11.8 Å². The van der Waals surface area contributed by atoms with E-state index in [2.05, 4.69) is 15.6 Å². The summed E-state index contributed by atoms with van der Waals surface area (Å²) >= 11 is 17.8. The number of hydrogen-bond donors (Lipinski definition) is 3. The molecule has 0 saturated carbocycles. The van der Waals surface area contributed by atoms with Gasteiger partial charge >= 0.3 is 0 Å². The molecule has 0 fully saturated rings. The predicted molar refractivity (Wildman–Crippen MR) is 153 cm³/mol. The van der Waals surface area contributed by atoms with Gasteiger partial charge < -0.3 is 15.6 Å². The van der Waals surface area contributed by atoms with Gasteiger partial charge in [0.05, 0.1) is 20.7 Å². The van der Waals surface area contributed by atoms with E-state index in [1.54, 1.807) is 24.3 Å². The van der Waals surface area contributed by atoms with E-state index in [0.29, 0.717) is 21.5 Å². The van der Waals surface area contributed by atoms with Crippen LogP contribution in [0.2, 0.25) is 15.1 Å². The highest BCUT2D eigenvalue weighted by Crippen LogP contribution is 2.25. The van der Waals surface area contributed by atoms with Crippen molar-refractivity contribution in [2.75, 3.05) is 23.7 Å². The monoisotopic (exact) mass is 601 g/mol. The first-order chi connectivity index (χ1) is 19.0. The molecule has 0 aliphatic heterocycles. The summed E-state index contributed by atoms with van der Waals surface area (Å²) in [6, 6.07) is 16.9. The predicted octanol–water partition coefficient (Wildman–Crippen LogP) is 4.26. The molecule has 2 amide bonds. The van der Waals surface area contributed by atoms with Crippen molar-refractivity contribution in [2.45, 2.75) is 0 Å². The van der Waals surface area contributed by atoms with Crippen LogP contribution in [-0.2, 0) is 9.59 Å². The molecule has 3 aromatic carbocycles. The summed E-state index contributed by atoms with van der Waals surface area (Å²) in [5.74, 6) is -1.61. The zero-order valence-electron chi connectivity index (χ0n) is 20.2. The molecule has 3 N–H and O–H groups in total. The molecule has 204 valence electrons. The van der Waals surface area contributed by atoms with Crippen LogP contribution >= 0.6 is 34.8 Å². The third-order valence-electron chi connectivity index (χ3n) is 5.72. The van der Waals surface area contributed by atoms with Crippen molar-refractivity contribution in [1.82, 2.24) is 4.98 Å². The normalized spacial score (nSPS) is 12.5. The number of hydrogen-bond acceptors (Lipinski definition) is 6. The third kappa shape index (κ3) is 6.57. The summed E-state index contributed by atoms with van der Waals surface area (Å²) in [6.07, 6.45) is 0. The Balaban J connectivity index is 1.94. The van der Waals surface area contributed by atoms with Crippen molar-refractivity contribution in [3.63, 3.8) is 0 Å². The quantitative estimate of drug-likeness (QED) is 0.202. The summed E-state index contributed by atoms with van der Waals surface area (Å²) in [7, 11) is 0. The highest BCUT2D eigenvalue weighted by Gasteiger charge is 2.23. The second-order valence-corrected chi connectivity index (χ2v) is 9.65. The van der Waals surface area contributed by atoms with Crippen molar-refractivity contribution in [3.05, 3.63) is 113 Å². The van der Waals surface area contributed by atoms with Crippen molar-refractivity contribution in [3.8, 4) is 0 Å². The van der Waals surface area contributed by atoms with Crippen LogP contribution < -0.4 is 21.3 Å². The lowest BCUT2D eigenvalue weighted by Crippen LogP contribution is -2.30. The molecular formula is C26H18Cl3N5O6. The first kappa shape index (κ1) is 28.6. The standard InChI is InChI=1S/C26H18Cl3N5O6/c27-14-5-7-15(8-6-14)30-25(35)19(12-33(37)38)23-17-3-1-2-4-18(17)24(32-23)20(13-34(39)40)26(36)31-16-9-10-21(28)22(29)11-16/h1-11,32H,12-13H2,(H,30,35)(H,31,36)/b23-19-,24-20+. The molecule has 0 radical (unpaired) electrons. The average Bonchev–Trinajstić information content (AvgIpc) is 3.28. The molecule has 1 heterocycles. The number of halogens is 3. The summed E-state index contributed by atoms with van der Waals surface area (Å²) in [5, 5.41) is 29.9. The smallest absolute Gasteiger partial charge is 0.260 e. The molecule has 14 heteroatoms. The minimum atomic E-state index is -0.890. The van der Waals surface area contributed by atoms with Crippen LogP contribution in [0.4, 0.5) is 11.4 Å². The van der Waals surface area contributed by atoms with E-state index >= 15 is 0 Å². The second-order valence-electron chi connectivity index (χ2n) is 8.40. The Bertz CT molecular complexity index is 1790. The fraction of sp³-hybridized carbons (Fsp3) is 0.0769. The minimum Gasteiger partial charge on any atom is -0.353 e. The van der Waals surface area contributed by atoms with Gasteiger partial charge in [0.15, 0.2) is 0 Å². The second kappa shape index (κ2) is 12.2. The molecule has 40 heavy (non-hydrogen) atoms. The number of carbonyl (C=O) groups is 2. The number of benzene rings is 3. The van der Waals surface area contributed by atoms with Crippen LogP contribution in [0.1, 0.15) is 0 Å². The van der Waals surface area contributed by atoms with E-state index in [4.69, 9.17) is 34.8 Å². The third-order valence-corrected chi connectivity index (χ3v) is 6.71. The molecule has 0 spiro atoms. The zero-order valence-corrected chi connectivity index (χ0v) is 22.5. The number of aromatic amines is 1. The lowest BCUT2D eigenvalue weighted by Gasteiger charge is -2.07. The highest BCUT2D eigenvalue weighted by molar-refractivity contribution is 6.42. The Hall–Kier alpha value is -4.45. The molecule has 0 saturated heterocycles. The number of H-pyrrole nitrogens is 1. The van der Waals surface area contributed by atoms with E-state index in [9.17, 15) is 29.8 Å². The van der Waals surface area contributed by atoms with E-state index in [-0.39, 0.29) is 37.6 Å². The van der Waals surface area contributed by atoms with E-state index < -0.39 is 34.8 Å². The van der Waals surface area contributed by atoms with Gasteiger partial charge in [-0.3, -0.25) is 29.8 Å². The number of rotatable bonds is 8. The van der Waals surface area contributed by atoms with Crippen molar-refractivity contribution in [2.24, 2.45) is 0 Å². The zero-order chi connectivity index (χ0) is 29.0. The van der Waals surface area contributed by atoms with Gasteiger partial charge in [-0.2, -0.15) is 0 Å². The van der Waals surface area contributed by atoms with E-state index in [1.807, 2.05) is 0 Å². The Morgan fingerprint density at radius 2 is 1.18 bits per heavy atom. The highest BCUT2D eigenvalue weighted by atomic mass is 35.5. The van der Waals surface area contributed by atoms with E-state index in [1.165, 1.54) is 42.5 Å². The Morgan fingerprint density at radius 3 is 1.65 bits per heavy atom. The van der Waals surface area contributed by atoms with Crippen LogP contribution in [0.5, 0.6) is 0 Å². The van der Waals surface area contributed by atoms with Crippen LogP contribution in [0, 0.1) is 20.2 Å². The largest absolute Gasteiger partial charge is 0.353 e. The number of nitro groups is 2. The number of carbonyl (C=O) groups excluding carboxylic acids is 2. The summed E-state index contributed by atoms with van der Waals surface area (Å²) in [4.78, 5) is 51.2. The Kier molecular flexibility index (Phi) is 8.68. The van der Waals surface area contributed by atoms with Crippen LogP contribution in [0.25, 0.3) is 21.9 Å². The summed E-state index contributed by atoms with van der Waals surface area (Å²) < 4.78 is 0. The molecule has 0 atom stereocenters. The number of aromatic nitrogens is 1. The number of nitrogens with one attached hydrogen (secondary N) is 3. The molecule has 1 aromatic heterocycles. The number of nitrogens with zero attached hydrogens (tertiary/aromatic N) is 2. The molecular weight excluding hydrogens is 585 g/mol. The lowest BCUT2D eigenvalue weighted by molar-refractivity contribution is -0.465. The maximum Gasteiger partial charge on any atom is 0.260 e. The van der Waals surface area contributed by atoms with Crippen molar-refractivity contribution < 1.29 is 19.4 Å². The van der Waals surface area contributed by atoms with Crippen LogP contribution in [0.3, 0.4) is 0 Å². The van der Waals surface area contributed by atoms with Crippen LogP contribution in [0.15, 0.2) is 66.7 Å². The van der Waals surface area contributed by atoms with Gasteiger partial charge in [-0.15, -0.1) is 0 Å². The Labute approximate surface area is 240 Å². The van der Waals surface area contributed by atoms with Crippen molar-refractivity contribution in [1.29, 1.82) is 0 Å². The lowest BCUT2D eigenvalue weighted by atomic mass is 10.1. The van der Waals surface area contributed by atoms with Gasteiger partial charge in [-0.1, -0.05) is 59.1 Å². The molecule has 4 rings (SSSR count). The number of anilines is 2. The SMILES string of the molecule is O=C(Nc1ccc(Cl)cc1)/C(C[N+](=O)[O-])=c1\[nH]/c(=C(\C[N+](=O)[O-])C(=O)Nc2ccc(Cl)c(Cl)c2)c2ccccc12. The minimum absolute atomic E-state index is 0.0278. The van der Waals surface area contributed by atoms with Gasteiger partial charge in [0.2, 0.25) is 13.1 Å². The van der Waals surface area contributed by atoms with Gasteiger partial charge in [-0.25, -0.2) is 0 Å². The molecule has 0 bridgehead atoms. The van der Waals surface area contributed by atoms with Gasteiger partial charge in [-0.05, 0) is 42.5 Å². The molecule has 0 aliphatic rings. The topological polar surface area (TPSA) is 160 Å². The molecule has 4 aromatic rings. The Morgan fingerprint density at radius 1 is 0.700 bits per heavy atom. The summed E-state index contributed by atoms with van der Waals surface area (Å²) in [5.41, 5.74) is 0.0389. The fourth-order valence-corrected chi connectivity index (χ4v) is 4.39. The van der Waals surface area contributed by atoms with E-state index in [0.717, 1.165) is 0 Å². The fourth-order valence-electron chi connectivity index (χ4n) is 3.96. The maximum absolute atomic E-state index is 13.3. The maximum atomic E-state index is 13.3. The van der Waals surface area contributed by atoms with Crippen LogP contribution in [-0.4, -0.2) is 39.7 Å². The summed E-state index contributed by atoms with van der Waals surface area (Å²) in [6.45, 7) is -1.76. The van der Waals surface area contributed by atoms with Crippen molar-refractivity contribution >= 4 is 79.9 Å². The first-order valence-corrected chi connectivity index (χ1v) is 12.6. The number of amides is 2. The molecule has 0 unspecified atom stereocenters. The van der Waals surface area contributed by atoms with Gasteiger partial charge in [0, 0.05) is 37.0 Å². The number of fused-ring (bicyclic) bond motifs is 1. The average molecular weight is 603 g/mol.